The third-order valence-electron chi connectivity index (χ3n) is 3.02. The Morgan fingerprint density at radius 3 is 3.00 bits per heavy atom. The Morgan fingerprint density at radius 2 is 2.45 bits per heavy atom. The molecule has 2 atom stereocenters. The SMILES string of the molecule is COCCN1C(=O)COC(C(=O)O)C1c1sccc1Br. The summed E-state index contributed by atoms with van der Waals surface area (Å²) < 4.78 is 11.0. The molecule has 1 saturated heterocycles. The molecule has 20 heavy (non-hydrogen) atoms. The molecule has 1 aromatic rings. The Hall–Kier alpha value is -0.960. The van der Waals surface area contributed by atoms with Gasteiger partial charge >= 0.3 is 5.97 Å². The van der Waals surface area contributed by atoms with Crippen LogP contribution in [0.5, 0.6) is 0 Å². The third kappa shape index (κ3) is 3.03. The lowest BCUT2D eigenvalue weighted by Gasteiger charge is -2.38. The zero-order valence-electron chi connectivity index (χ0n) is 10.7. The quantitative estimate of drug-likeness (QED) is 0.857. The highest BCUT2D eigenvalue weighted by Crippen LogP contribution is 2.38. The van der Waals surface area contributed by atoms with Crippen LogP contribution < -0.4 is 0 Å². The number of amides is 1. The lowest BCUT2D eigenvalue weighted by atomic mass is 10.1. The van der Waals surface area contributed by atoms with Gasteiger partial charge in [0.2, 0.25) is 5.91 Å². The molecule has 0 radical (unpaired) electrons. The van der Waals surface area contributed by atoms with Crippen LogP contribution in [0.2, 0.25) is 0 Å². The summed E-state index contributed by atoms with van der Waals surface area (Å²) in [6.45, 7) is 0.454. The van der Waals surface area contributed by atoms with Crippen molar-refractivity contribution in [1.82, 2.24) is 4.90 Å². The number of carboxylic acids is 1. The zero-order chi connectivity index (χ0) is 14.7. The molecule has 0 saturated carbocycles. The van der Waals surface area contributed by atoms with E-state index in [1.54, 1.807) is 0 Å². The second-order valence-electron chi connectivity index (χ2n) is 4.23. The third-order valence-corrected chi connectivity index (χ3v) is 4.96. The summed E-state index contributed by atoms with van der Waals surface area (Å²) in [6.07, 6.45) is -1.07. The molecule has 1 aliphatic heterocycles. The minimum atomic E-state index is -1.08. The van der Waals surface area contributed by atoms with E-state index in [0.717, 1.165) is 9.35 Å². The molecule has 1 amide bonds. The maximum absolute atomic E-state index is 12.0. The summed E-state index contributed by atoms with van der Waals surface area (Å²) in [6, 6.07) is 1.19. The van der Waals surface area contributed by atoms with Gasteiger partial charge < -0.3 is 19.5 Å². The van der Waals surface area contributed by atoms with Crippen molar-refractivity contribution in [2.75, 3.05) is 26.9 Å². The molecule has 0 bridgehead atoms. The van der Waals surface area contributed by atoms with Gasteiger partial charge in [0.05, 0.1) is 6.61 Å². The maximum Gasteiger partial charge on any atom is 0.335 e. The van der Waals surface area contributed by atoms with Crippen LogP contribution >= 0.6 is 27.3 Å². The molecule has 6 nitrogen and oxygen atoms in total. The van der Waals surface area contributed by atoms with Crippen molar-refractivity contribution in [3.8, 4) is 0 Å². The highest BCUT2D eigenvalue weighted by atomic mass is 79.9. The summed E-state index contributed by atoms with van der Waals surface area (Å²) in [7, 11) is 1.54. The van der Waals surface area contributed by atoms with Gasteiger partial charge in [0.1, 0.15) is 12.6 Å². The van der Waals surface area contributed by atoms with Crippen LogP contribution in [0, 0.1) is 0 Å². The number of rotatable bonds is 5. The van der Waals surface area contributed by atoms with Gasteiger partial charge in [-0.25, -0.2) is 4.79 Å². The predicted molar refractivity (Wildman–Crippen MR) is 75.7 cm³/mol. The molecule has 0 spiro atoms. The maximum atomic E-state index is 12.0. The van der Waals surface area contributed by atoms with E-state index >= 15 is 0 Å². The molecule has 2 unspecified atom stereocenters. The molecule has 2 heterocycles. The summed E-state index contributed by atoms with van der Waals surface area (Å²) in [5, 5.41) is 11.2. The van der Waals surface area contributed by atoms with E-state index in [-0.39, 0.29) is 12.5 Å². The van der Waals surface area contributed by atoms with E-state index in [9.17, 15) is 14.7 Å². The molecule has 110 valence electrons. The van der Waals surface area contributed by atoms with Crippen molar-refractivity contribution < 1.29 is 24.2 Å². The average molecular weight is 364 g/mol. The van der Waals surface area contributed by atoms with Crippen LogP contribution in [-0.2, 0) is 19.1 Å². The van der Waals surface area contributed by atoms with Gasteiger partial charge in [-0.3, -0.25) is 4.79 Å². The lowest BCUT2D eigenvalue weighted by molar-refractivity contribution is -0.173. The Bertz CT molecular complexity index is 506. The molecule has 1 N–H and O–H groups in total. The van der Waals surface area contributed by atoms with E-state index in [1.165, 1.54) is 23.3 Å². The highest BCUT2D eigenvalue weighted by molar-refractivity contribution is 9.10. The minimum Gasteiger partial charge on any atom is -0.479 e. The van der Waals surface area contributed by atoms with Crippen molar-refractivity contribution in [2.45, 2.75) is 12.1 Å². The van der Waals surface area contributed by atoms with Gasteiger partial charge in [-0.2, -0.15) is 0 Å². The smallest absolute Gasteiger partial charge is 0.335 e. The summed E-state index contributed by atoms with van der Waals surface area (Å²) in [5.41, 5.74) is 0. The summed E-state index contributed by atoms with van der Waals surface area (Å²) in [5.74, 6) is -1.31. The Balaban J connectivity index is 2.36. The van der Waals surface area contributed by atoms with Crippen molar-refractivity contribution in [1.29, 1.82) is 0 Å². The van der Waals surface area contributed by atoms with Crippen LogP contribution in [0.15, 0.2) is 15.9 Å². The normalized spacial score (nSPS) is 23.1. The van der Waals surface area contributed by atoms with Gasteiger partial charge in [-0.1, -0.05) is 0 Å². The number of carbonyl (C=O) groups is 2. The predicted octanol–water partition coefficient (Wildman–Crippen LogP) is 1.51. The molecule has 2 rings (SSSR count). The van der Waals surface area contributed by atoms with Gasteiger partial charge in [0.25, 0.3) is 0 Å². The number of carbonyl (C=O) groups excluding carboxylic acids is 1. The van der Waals surface area contributed by atoms with Crippen molar-refractivity contribution in [3.63, 3.8) is 0 Å². The van der Waals surface area contributed by atoms with E-state index in [0.29, 0.717) is 13.2 Å². The second-order valence-corrected chi connectivity index (χ2v) is 6.03. The number of methoxy groups -OCH3 is 1. The molecular formula is C12H14BrNO5S. The van der Waals surface area contributed by atoms with E-state index in [2.05, 4.69) is 15.9 Å². The van der Waals surface area contributed by atoms with Crippen molar-refractivity contribution >= 4 is 39.1 Å². The topological polar surface area (TPSA) is 76.1 Å². The fourth-order valence-electron chi connectivity index (χ4n) is 2.11. The first-order chi connectivity index (χ1) is 9.56. The zero-order valence-corrected chi connectivity index (χ0v) is 13.1. The Morgan fingerprint density at radius 1 is 1.70 bits per heavy atom. The fraction of sp³-hybridized carbons (Fsp3) is 0.500. The number of halogens is 1. The number of ether oxygens (including phenoxy) is 2. The van der Waals surface area contributed by atoms with E-state index in [4.69, 9.17) is 9.47 Å². The molecule has 0 aromatic carbocycles. The standard InChI is InChI=1S/C12H14BrNO5S/c1-18-4-3-14-8(15)6-19-10(12(16)17)9(14)11-7(13)2-5-20-11/h2,5,9-10H,3-4,6H2,1H3,(H,16,17). The fourth-order valence-corrected chi connectivity index (χ4v) is 3.85. The molecule has 1 aromatic heterocycles. The average Bonchev–Trinajstić information content (AvgIpc) is 2.82. The van der Waals surface area contributed by atoms with E-state index in [1.807, 2.05) is 11.4 Å². The van der Waals surface area contributed by atoms with Gasteiger partial charge in [-0.15, -0.1) is 11.3 Å². The van der Waals surface area contributed by atoms with Gasteiger partial charge in [0, 0.05) is 23.0 Å². The minimum absolute atomic E-state index is 0.222. The van der Waals surface area contributed by atoms with Crippen LogP contribution in [0.25, 0.3) is 0 Å². The first-order valence-corrected chi connectivity index (χ1v) is 7.59. The molecular weight excluding hydrogens is 350 g/mol. The number of aliphatic carboxylic acids is 1. The van der Waals surface area contributed by atoms with Crippen molar-refractivity contribution in [2.24, 2.45) is 0 Å². The second kappa shape index (κ2) is 6.66. The number of hydrogen-bond donors (Lipinski definition) is 1. The Kier molecular flexibility index (Phi) is 5.14. The Labute approximate surface area is 128 Å². The van der Waals surface area contributed by atoms with Gasteiger partial charge in [-0.05, 0) is 27.4 Å². The number of thiophene rings is 1. The molecule has 1 fully saturated rings. The highest BCUT2D eigenvalue weighted by Gasteiger charge is 2.43. The first-order valence-electron chi connectivity index (χ1n) is 5.92. The van der Waals surface area contributed by atoms with Crippen molar-refractivity contribution in [3.05, 3.63) is 20.8 Å². The summed E-state index contributed by atoms with van der Waals surface area (Å²) in [4.78, 5) is 25.7. The summed E-state index contributed by atoms with van der Waals surface area (Å²) >= 11 is 4.78. The van der Waals surface area contributed by atoms with E-state index < -0.39 is 18.1 Å². The van der Waals surface area contributed by atoms with Gasteiger partial charge in [0.15, 0.2) is 6.10 Å². The first kappa shape index (κ1) is 15.4. The number of carboxylic acid groups (broad SMARTS) is 1. The van der Waals surface area contributed by atoms with Crippen LogP contribution in [0.1, 0.15) is 10.9 Å². The lowest BCUT2D eigenvalue weighted by Crippen LogP contribution is -2.52. The van der Waals surface area contributed by atoms with Crippen LogP contribution in [0.3, 0.4) is 0 Å². The van der Waals surface area contributed by atoms with Crippen LogP contribution in [0.4, 0.5) is 0 Å². The van der Waals surface area contributed by atoms with Crippen LogP contribution in [-0.4, -0.2) is 54.9 Å². The number of hydrogen-bond acceptors (Lipinski definition) is 5. The molecule has 0 aliphatic carbocycles. The largest absolute Gasteiger partial charge is 0.479 e. The number of morpholine rings is 1. The molecule has 1 aliphatic rings. The monoisotopic (exact) mass is 363 g/mol. The number of nitrogens with zero attached hydrogens (tertiary/aromatic N) is 1. The molecule has 8 heteroatoms.